The van der Waals surface area contributed by atoms with Gasteiger partial charge in [-0.2, -0.15) is 0 Å². The highest BCUT2D eigenvalue weighted by atomic mass is 79.9. The van der Waals surface area contributed by atoms with Crippen molar-refractivity contribution in [2.45, 2.75) is 17.7 Å². The van der Waals surface area contributed by atoms with E-state index in [2.05, 4.69) is 43.8 Å². The fraction of sp³-hybridized carbons (Fsp3) is 0.500. The van der Waals surface area contributed by atoms with Crippen LogP contribution in [0.25, 0.3) is 0 Å². The minimum atomic E-state index is 0.0561. The molecule has 1 heterocycles. The van der Waals surface area contributed by atoms with Crippen molar-refractivity contribution in [2.24, 2.45) is 4.99 Å². The van der Waals surface area contributed by atoms with Crippen LogP contribution in [0, 0.1) is 0 Å². The predicted molar refractivity (Wildman–Crippen MR) is 47.5 cm³/mol. The second-order valence-electron chi connectivity index (χ2n) is 2.31. The lowest BCUT2D eigenvalue weighted by Crippen LogP contribution is -2.18. The van der Waals surface area contributed by atoms with Gasteiger partial charge >= 0.3 is 0 Å². The number of hydrogen-bond acceptors (Lipinski definition) is 1. The highest BCUT2D eigenvalue weighted by molar-refractivity contribution is 9.12. The summed E-state index contributed by atoms with van der Waals surface area (Å²) >= 11 is 6.89. The summed E-state index contributed by atoms with van der Waals surface area (Å²) in [5.41, 5.74) is 0. The Bertz CT molecular complexity index is 170. The Kier molecular flexibility index (Phi) is 2.11. The molecule has 1 nitrogen and oxygen atoms in total. The molecule has 9 heavy (non-hydrogen) atoms. The molecule has 1 rings (SSSR count). The Morgan fingerprint density at radius 1 is 1.78 bits per heavy atom. The molecule has 1 aliphatic heterocycles. The van der Waals surface area contributed by atoms with Gasteiger partial charge in [0.05, 0.1) is 4.32 Å². The van der Waals surface area contributed by atoms with Gasteiger partial charge in [0.1, 0.15) is 0 Å². The van der Waals surface area contributed by atoms with E-state index in [9.17, 15) is 0 Å². The average molecular weight is 253 g/mol. The molecule has 0 radical (unpaired) electrons. The van der Waals surface area contributed by atoms with Crippen LogP contribution in [0.4, 0.5) is 0 Å². The van der Waals surface area contributed by atoms with Crippen LogP contribution in [0.15, 0.2) is 15.7 Å². The zero-order valence-corrected chi connectivity index (χ0v) is 8.24. The van der Waals surface area contributed by atoms with E-state index in [4.69, 9.17) is 0 Å². The van der Waals surface area contributed by atoms with E-state index in [0.717, 1.165) is 10.9 Å². The third-order valence-corrected chi connectivity index (χ3v) is 2.04. The van der Waals surface area contributed by atoms with E-state index < -0.39 is 0 Å². The Balaban J connectivity index is 2.73. The molecule has 1 aliphatic rings. The normalized spacial score (nSPS) is 34.3. The van der Waals surface area contributed by atoms with Gasteiger partial charge in [-0.05, 0) is 6.92 Å². The fourth-order valence-electron chi connectivity index (χ4n) is 0.695. The molecule has 0 saturated carbocycles. The summed E-state index contributed by atoms with van der Waals surface area (Å²) in [5.74, 6) is 0. The van der Waals surface area contributed by atoms with E-state index in [1.54, 1.807) is 0 Å². The van der Waals surface area contributed by atoms with Crippen molar-refractivity contribution < 1.29 is 0 Å². The highest BCUT2D eigenvalue weighted by Gasteiger charge is 2.20. The molecule has 3 heteroatoms. The third-order valence-electron chi connectivity index (χ3n) is 1.07. The number of nitrogens with zero attached hydrogens (tertiary/aromatic N) is 1. The summed E-state index contributed by atoms with van der Waals surface area (Å²) in [4.78, 5) is 4.03. The van der Waals surface area contributed by atoms with Gasteiger partial charge in [0.2, 0.25) is 0 Å². The lowest BCUT2D eigenvalue weighted by molar-refractivity contribution is 0.864. The van der Waals surface area contributed by atoms with Crippen molar-refractivity contribution in [2.75, 3.05) is 0 Å². The average Bonchev–Trinajstić information content (AvgIpc) is 1.60. The summed E-state index contributed by atoms with van der Waals surface area (Å²) in [6.45, 7) is 2.09. The largest absolute Gasteiger partial charge is 0.267 e. The molecule has 0 amide bonds. The minimum absolute atomic E-state index is 0.0561. The maximum absolute atomic E-state index is 4.03. The van der Waals surface area contributed by atoms with Crippen molar-refractivity contribution >= 4 is 38.1 Å². The smallest absolute Gasteiger partial charge is 0.0626 e. The van der Waals surface area contributed by atoms with Crippen LogP contribution in [0.2, 0.25) is 0 Å². The summed E-state index contributed by atoms with van der Waals surface area (Å²) in [6, 6.07) is 0. The number of aliphatic imine (C=N–C) groups is 1. The standard InChI is InChI=1S/C6H7Br2N/c1-6(8)2-5(7)3-9-4-6/h3-4H,2H2,1H3. The topological polar surface area (TPSA) is 12.4 Å². The molecule has 0 aromatic carbocycles. The Labute approximate surface area is 71.5 Å². The van der Waals surface area contributed by atoms with Crippen LogP contribution >= 0.6 is 31.9 Å². The highest BCUT2D eigenvalue weighted by Crippen LogP contribution is 2.29. The molecule has 0 aliphatic carbocycles. The van der Waals surface area contributed by atoms with Crippen LogP contribution < -0.4 is 0 Å². The van der Waals surface area contributed by atoms with Gasteiger partial charge in [-0.25, -0.2) is 0 Å². The SMILES string of the molecule is CC1(Br)C=NC=C(Br)C1. The van der Waals surface area contributed by atoms with Gasteiger partial charge in [-0.15, -0.1) is 0 Å². The van der Waals surface area contributed by atoms with Gasteiger partial charge in [0.15, 0.2) is 0 Å². The molecule has 0 bridgehead atoms. The van der Waals surface area contributed by atoms with E-state index >= 15 is 0 Å². The van der Waals surface area contributed by atoms with Gasteiger partial charge in [0, 0.05) is 23.3 Å². The Morgan fingerprint density at radius 3 is 2.78 bits per heavy atom. The van der Waals surface area contributed by atoms with Crippen molar-refractivity contribution in [1.29, 1.82) is 0 Å². The zero-order chi connectivity index (χ0) is 6.91. The first kappa shape index (κ1) is 7.48. The number of rotatable bonds is 0. The van der Waals surface area contributed by atoms with E-state index in [-0.39, 0.29) is 4.32 Å². The third kappa shape index (κ3) is 2.22. The van der Waals surface area contributed by atoms with Crippen molar-refractivity contribution in [3.8, 4) is 0 Å². The van der Waals surface area contributed by atoms with E-state index in [0.29, 0.717) is 0 Å². The molecular weight excluding hydrogens is 246 g/mol. The molecule has 1 atom stereocenters. The maximum Gasteiger partial charge on any atom is 0.0626 e. The van der Waals surface area contributed by atoms with Crippen LogP contribution in [-0.4, -0.2) is 10.5 Å². The monoisotopic (exact) mass is 251 g/mol. The van der Waals surface area contributed by atoms with Crippen molar-refractivity contribution in [3.63, 3.8) is 0 Å². The summed E-state index contributed by atoms with van der Waals surface area (Å²) < 4.78 is 1.20. The first-order valence-corrected chi connectivity index (χ1v) is 4.26. The van der Waals surface area contributed by atoms with Gasteiger partial charge in [-0.3, -0.25) is 4.99 Å². The molecule has 0 fully saturated rings. The van der Waals surface area contributed by atoms with Gasteiger partial charge < -0.3 is 0 Å². The Morgan fingerprint density at radius 2 is 2.44 bits per heavy atom. The molecule has 0 aromatic rings. The molecule has 0 aromatic heterocycles. The van der Waals surface area contributed by atoms with Crippen molar-refractivity contribution in [1.82, 2.24) is 0 Å². The van der Waals surface area contributed by atoms with Gasteiger partial charge in [-0.1, -0.05) is 31.9 Å². The molecule has 0 spiro atoms. The van der Waals surface area contributed by atoms with Gasteiger partial charge in [0.25, 0.3) is 0 Å². The molecular formula is C6H7Br2N. The van der Waals surface area contributed by atoms with Crippen molar-refractivity contribution in [3.05, 3.63) is 10.7 Å². The Hall–Kier alpha value is 0.370. The van der Waals surface area contributed by atoms with E-state index in [1.165, 1.54) is 0 Å². The minimum Gasteiger partial charge on any atom is -0.267 e. The first-order chi connectivity index (χ1) is 4.10. The summed E-state index contributed by atoms with van der Waals surface area (Å²) in [7, 11) is 0. The second kappa shape index (κ2) is 2.54. The molecule has 0 saturated heterocycles. The number of halogens is 2. The second-order valence-corrected chi connectivity index (χ2v) is 5.14. The fourth-order valence-corrected chi connectivity index (χ4v) is 2.19. The van der Waals surface area contributed by atoms with Crippen LogP contribution in [0.3, 0.4) is 0 Å². The predicted octanol–water partition coefficient (Wildman–Crippen LogP) is 2.85. The van der Waals surface area contributed by atoms with E-state index in [1.807, 2.05) is 12.4 Å². The summed E-state index contributed by atoms with van der Waals surface area (Å²) in [5, 5.41) is 0. The van der Waals surface area contributed by atoms with Crippen LogP contribution in [0.5, 0.6) is 0 Å². The van der Waals surface area contributed by atoms with Crippen LogP contribution in [0.1, 0.15) is 13.3 Å². The lowest BCUT2D eigenvalue weighted by atomic mass is 10.1. The van der Waals surface area contributed by atoms with Crippen LogP contribution in [-0.2, 0) is 0 Å². The lowest BCUT2D eigenvalue weighted by Gasteiger charge is -2.18. The number of hydrogen-bond donors (Lipinski definition) is 0. The molecule has 1 unspecified atom stereocenters. The quantitative estimate of drug-likeness (QED) is 0.588. The first-order valence-electron chi connectivity index (χ1n) is 2.68. The summed E-state index contributed by atoms with van der Waals surface area (Å²) in [6.07, 6.45) is 4.71. The molecule has 0 N–H and O–H groups in total. The maximum atomic E-state index is 4.03. The molecule has 50 valence electrons. The number of allylic oxidation sites excluding steroid dienone is 1. The zero-order valence-electron chi connectivity index (χ0n) is 5.06. The number of alkyl halides is 1.